The van der Waals surface area contributed by atoms with Crippen LogP contribution in [-0.4, -0.2) is 23.8 Å². The Hall–Kier alpha value is -0.540. The molecule has 1 aliphatic rings. The summed E-state index contributed by atoms with van der Waals surface area (Å²) in [5.41, 5.74) is 1.37. The average Bonchev–Trinajstić information content (AvgIpc) is 2.33. The Kier molecular flexibility index (Phi) is 4.33. The van der Waals surface area contributed by atoms with Gasteiger partial charge >= 0.3 is 0 Å². The van der Waals surface area contributed by atoms with Gasteiger partial charge in [0.1, 0.15) is 0 Å². The maximum atomic E-state index is 9.23. The number of para-hydroxylation sites is 1. The topological polar surface area (TPSA) is 23.5 Å². The predicted octanol–water partition coefficient (Wildman–Crippen LogP) is 3.83. The van der Waals surface area contributed by atoms with Crippen molar-refractivity contribution >= 4 is 21.6 Å². The van der Waals surface area contributed by atoms with Gasteiger partial charge in [-0.25, -0.2) is 0 Å². The van der Waals surface area contributed by atoms with Gasteiger partial charge in [0.25, 0.3) is 0 Å². The third-order valence-electron chi connectivity index (χ3n) is 4.25. The minimum absolute atomic E-state index is 0.102. The maximum absolute atomic E-state index is 9.23. The van der Waals surface area contributed by atoms with Crippen molar-refractivity contribution in [2.75, 3.05) is 18.1 Å². The van der Waals surface area contributed by atoms with Gasteiger partial charge in [0.2, 0.25) is 0 Å². The molecule has 1 fully saturated rings. The number of benzene rings is 1. The highest BCUT2D eigenvalue weighted by molar-refractivity contribution is 9.10. The first-order chi connectivity index (χ1) is 8.57. The van der Waals surface area contributed by atoms with Crippen LogP contribution in [0.1, 0.15) is 33.1 Å². The van der Waals surface area contributed by atoms with Gasteiger partial charge < -0.3 is 10.0 Å². The van der Waals surface area contributed by atoms with E-state index < -0.39 is 0 Å². The number of hydrogen-bond acceptors (Lipinski definition) is 2. The monoisotopic (exact) mass is 311 g/mol. The number of aliphatic hydroxyl groups is 1. The Morgan fingerprint density at radius 3 is 2.78 bits per heavy atom. The van der Waals surface area contributed by atoms with Crippen molar-refractivity contribution in [2.24, 2.45) is 5.92 Å². The van der Waals surface area contributed by atoms with E-state index in [-0.39, 0.29) is 12.1 Å². The van der Waals surface area contributed by atoms with E-state index in [1.54, 1.807) is 0 Å². The first kappa shape index (κ1) is 13.9. The van der Waals surface area contributed by atoms with Crippen LogP contribution in [0, 0.1) is 5.92 Å². The van der Waals surface area contributed by atoms with Crippen LogP contribution in [0.5, 0.6) is 0 Å². The summed E-state index contributed by atoms with van der Waals surface area (Å²) in [5.74, 6) is 0.559. The molecule has 0 spiro atoms. The molecule has 0 amide bonds. The standard InChI is InChI=1S/C15H22BrNO/c1-15(2)12(9-11-18)6-5-10-17(15)14-8-4-3-7-13(14)16/h3-4,7-8,12,18H,5-6,9-11H2,1-2H3. The molecule has 1 unspecified atom stereocenters. The van der Waals surface area contributed by atoms with Crippen LogP contribution in [0.3, 0.4) is 0 Å². The molecule has 0 radical (unpaired) electrons. The van der Waals surface area contributed by atoms with E-state index in [0.29, 0.717) is 5.92 Å². The fourth-order valence-corrected chi connectivity index (χ4v) is 3.61. The van der Waals surface area contributed by atoms with E-state index in [2.05, 4.69) is 58.9 Å². The van der Waals surface area contributed by atoms with Gasteiger partial charge in [0.05, 0.1) is 5.69 Å². The highest BCUT2D eigenvalue weighted by atomic mass is 79.9. The van der Waals surface area contributed by atoms with Gasteiger partial charge in [-0.2, -0.15) is 0 Å². The molecule has 1 saturated heterocycles. The second-order valence-corrected chi connectivity index (χ2v) is 6.46. The minimum atomic E-state index is 0.102. The number of halogens is 1. The molecule has 100 valence electrons. The normalized spacial score (nSPS) is 23.1. The molecule has 3 heteroatoms. The van der Waals surface area contributed by atoms with Gasteiger partial charge in [-0.15, -0.1) is 0 Å². The molecule has 1 heterocycles. The second kappa shape index (κ2) is 5.62. The molecule has 18 heavy (non-hydrogen) atoms. The number of rotatable bonds is 3. The maximum Gasteiger partial charge on any atom is 0.0515 e. The molecule has 1 atom stereocenters. The summed E-state index contributed by atoms with van der Waals surface area (Å²) in [7, 11) is 0. The zero-order chi connectivity index (χ0) is 13.2. The van der Waals surface area contributed by atoms with Crippen LogP contribution in [0.25, 0.3) is 0 Å². The van der Waals surface area contributed by atoms with Crippen LogP contribution in [0.2, 0.25) is 0 Å². The Labute approximate surface area is 118 Å². The van der Waals surface area contributed by atoms with Gasteiger partial charge in [0, 0.05) is 23.2 Å². The third-order valence-corrected chi connectivity index (χ3v) is 4.92. The van der Waals surface area contributed by atoms with Crippen molar-refractivity contribution in [3.8, 4) is 0 Å². The molecule has 0 bridgehead atoms. The molecular weight excluding hydrogens is 290 g/mol. The number of hydrogen-bond donors (Lipinski definition) is 1. The summed E-state index contributed by atoms with van der Waals surface area (Å²) in [6, 6.07) is 8.41. The summed E-state index contributed by atoms with van der Waals surface area (Å²) in [4.78, 5) is 2.49. The molecular formula is C15H22BrNO. The summed E-state index contributed by atoms with van der Waals surface area (Å²) in [6.07, 6.45) is 3.32. The molecule has 1 N–H and O–H groups in total. The van der Waals surface area contributed by atoms with Crippen LogP contribution in [-0.2, 0) is 0 Å². The van der Waals surface area contributed by atoms with Crippen LogP contribution < -0.4 is 4.90 Å². The van der Waals surface area contributed by atoms with Crippen molar-refractivity contribution in [3.63, 3.8) is 0 Å². The predicted molar refractivity (Wildman–Crippen MR) is 80.0 cm³/mol. The highest BCUT2D eigenvalue weighted by Gasteiger charge is 2.38. The van der Waals surface area contributed by atoms with Crippen LogP contribution in [0.15, 0.2) is 28.7 Å². The highest BCUT2D eigenvalue weighted by Crippen LogP contribution is 2.40. The first-order valence-corrected chi connectivity index (χ1v) is 7.49. The van der Waals surface area contributed by atoms with E-state index in [9.17, 15) is 5.11 Å². The Balaban J connectivity index is 2.29. The minimum Gasteiger partial charge on any atom is -0.396 e. The summed E-state index contributed by atoms with van der Waals surface area (Å²) in [6.45, 7) is 5.98. The molecule has 2 nitrogen and oxygen atoms in total. The number of piperidine rings is 1. The molecule has 1 aromatic carbocycles. The van der Waals surface area contributed by atoms with Gasteiger partial charge in [-0.3, -0.25) is 0 Å². The van der Waals surface area contributed by atoms with Gasteiger partial charge in [0.15, 0.2) is 0 Å². The summed E-state index contributed by atoms with van der Waals surface area (Å²) < 4.78 is 1.16. The third kappa shape index (κ3) is 2.57. The van der Waals surface area contributed by atoms with E-state index in [1.807, 2.05) is 0 Å². The van der Waals surface area contributed by atoms with E-state index in [4.69, 9.17) is 0 Å². The number of nitrogens with zero attached hydrogens (tertiary/aromatic N) is 1. The molecule has 0 saturated carbocycles. The molecule has 0 aromatic heterocycles. The van der Waals surface area contributed by atoms with Gasteiger partial charge in [-0.1, -0.05) is 12.1 Å². The molecule has 2 rings (SSSR count). The lowest BCUT2D eigenvalue weighted by molar-refractivity contribution is 0.176. The van der Waals surface area contributed by atoms with E-state index >= 15 is 0 Å². The Morgan fingerprint density at radius 2 is 2.11 bits per heavy atom. The lowest BCUT2D eigenvalue weighted by Gasteiger charge is -2.50. The van der Waals surface area contributed by atoms with Crippen molar-refractivity contribution in [2.45, 2.75) is 38.6 Å². The largest absolute Gasteiger partial charge is 0.396 e. The summed E-state index contributed by atoms with van der Waals surface area (Å²) in [5, 5.41) is 9.23. The van der Waals surface area contributed by atoms with Gasteiger partial charge in [-0.05, 0) is 67.1 Å². The molecule has 1 aliphatic heterocycles. The second-order valence-electron chi connectivity index (χ2n) is 5.61. The number of aliphatic hydroxyl groups excluding tert-OH is 1. The zero-order valence-electron chi connectivity index (χ0n) is 11.2. The van der Waals surface area contributed by atoms with Crippen LogP contribution >= 0.6 is 15.9 Å². The van der Waals surface area contributed by atoms with Crippen molar-refractivity contribution in [1.29, 1.82) is 0 Å². The van der Waals surface area contributed by atoms with E-state index in [1.165, 1.54) is 18.5 Å². The fraction of sp³-hybridized carbons (Fsp3) is 0.600. The molecule has 0 aliphatic carbocycles. The lowest BCUT2D eigenvalue weighted by atomic mass is 9.77. The SMILES string of the molecule is CC1(C)C(CCO)CCCN1c1ccccc1Br. The number of anilines is 1. The fourth-order valence-electron chi connectivity index (χ4n) is 3.11. The van der Waals surface area contributed by atoms with Crippen LogP contribution in [0.4, 0.5) is 5.69 Å². The van der Waals surface area contributed by atoms with Crippen molar-refractivity contribution < 1.29 is 5.11 Å². The Bertz CT molecular complexity index is 403. The average molecular weight is 312 g/mol. The quantitative estimate of drug-likeness (QED) is 0.917. The van der Waals surface area contributed by atoms with Crippen molar-refractivity contribution in [1.82, 2.24) is 0 Å². The summed E-state index contributed by atoms with van der Waals surface area (Å²) >= 11 is 3.65. The smallest absolute Gasteiger partial charge is 0.0515 e. The molecule has 1 aromatic rings. The first-order valence-electron chi connectivity index (χ1n) is 6.70. The van der Waals surface area contributed by atoms with E-state index in [0.717, 1.165) is 17.4 Å². The van der Waals surface area contributed by atoms with Crippen molar-refractivity contribution in [3.05, 3.63) is 28.7 Å². The zero-order valence-corrected chi connectivity index (χ0v) is 12.8. The lowest BCUT2D eigenvalue weighted by Crippen LogP contribution is -2.53. The Morgan fingerprint density at radius 1 is 1.39 bits per heavy atom.